The van der Waals surface area contributed by atoms with Crippen molar-refractivity contribution in [3.63, 3.8) is 0 Å². The van der Waals surface area contributed by atoms with E-state index in [4.69, 9.17) is 26.2 Å². The van der Waals surface area contributed by atoms with Gasteiger partial charge in [-0.05, 0) is 6.92 Å². The van der Waals surface area contributed by atoms with E-state index in [1.807, 2.05) is 0 Å². The van der Waals surface area contributed by atoms with Gasteiger partial charge in [0.15, 0.2) is 23.4 Å². The summed E-state index contributed by atoms with van der Waals surface area (Å²) in [6.07, 6.45) is -0.383. The topological polar surface area (TPSA) is 265 Å². The molecule has 4 N–H and O–H groups in total. The highest BCUT2D eigenvalue weighted by molar-refractivity contribution is 6.22. The lowest BCUT2D eigenvalue weighted by atomic mass is 9.81. The summed E-state index contributed by atoms with van der Waals surface area (Å²) in [4.78, 5) is 103. The highest BCUT2D eigenvalue weighted by atomic mass is 35.5. The van der Waals surface area contributed by atoms with Gasteiger partial charge in [-0.25, -0.2) is 0 Å². The zero-order valence-corrected chi connectivity index (χ0v) is 28.1. The Bertz CT molecular complexity index is 1270. The molecule has 3 amide bonds. The first-order valence-electron chi connectivity index (χ1n) is 14.8. The average Bonchev–Trinajstić information content (AvgIpc) is 3.02. The second-order valence-electron chi connectivity index (χ2n) is 11.6. The largest absolute Gasteiger partial charge is 0.469 e. The van der Waals surface area contributed by atoms with Crippen molar-refractivity contribution < 1.29 is 76.7 Å². The average molecular weight is 738 g/mol. The summed E-state index contributed by atoms with van der Waals surface area (Å²) >= 11 is 5.59. The number of carbonyl (C=O) groups is 9. The van der Waals surface area contributed by atoms with Gasteiger partial charge in [-0.2, -0.15) is 0 Å². The van der Waals surface area contributed by atoms with Crippen LogP contribution in [0.15, 0.2) is 0 Å². The van der Waals surface area contributed by atoms with Gasteiger partial charge < -0.3 is 49.5 Å². The lowest BCUT2D eigenvalue weighted by molar-refractivity contribution is -0.165. The van der Waals surface area contributed by atoms with Gasteiger partial charge in [0.05, 0.1) is 84.0 Å². The molecule has 4 saturated heterocycles. The van der Waals surface area contributed by atoms with Crippen LogP contribution in [0.2, 0.25) is 0 Å². The molecule has 0 radical (unpaired) electrons. The Labute approximate surface area is 292 Å². The summed E-state index contributed by atoms with van der Waals surface area (Å²) in [5.74, 6) is -8.42. The number of ketones is 2. The van der Waals surface area contributed by atoms with E-state index in [1.54, 1.807) is 6.92 Å². The number of hydrogen-bond acceptors (Lipinski definition) is 16. The third kappa shape index (κ3) is 11.2. The molecule has 19 nitrogen and oxygen atoms in total. The Morgan fingerprint density at radius 3 is 1.72 bits per heavy atom. The maximum atomic E-state index is 11.6. The van der Waals surface area contributed by atoms with E-state index in [-0.39, 0.29) is 58.8 Å². The molecule has 4 fully saturated rings. The summed E-state index contributed by atoms with van der Waals surface area (Å²) in [6, 6.07) is 0. The predicted octanol–water partition coefficient (Wildman–Crippen LogP) is -2.51. The number of rotatable bonds is 10. The van der Waals surface area contributed by atoms with Crippen molar-refractivity contribution in [1.82, 2.24) is 16.0 Å². The number of aliphatic hydroxyl groups excluding tert-OH is 1. The Morgan fingerprint density at radius 2 is 1.36 bits per heavy atom. The molecule has 1 spiro atoms. The molecular formula is C30H44ClN3O16. The van der Waals surface area contributed by atoms with Crippen LogP contribution >= 0.6 is 11.6 Å². The van der Waals surface area contributed by atoms with Crippen molar-refractivity contribution in [2.45, 2.75) is 56.7 Å². The highest BCUT2D eigenvalue weighted by Gasteiger charge is 2.52. The Hall–Kier alpha value is -4.20. The lowest BCUT2D eigenvalue weighted by Gasteiger charge is -2.45. The number of amides is 3. The monoisotopic (exact) mass is 737 g/mol. The SMILES string of the molecule is C.CCOC(=O)CC(=O)NC1(CC(=O)OC)COC1.COC(=O)C1C(=O)CC(CO)(CCl)NC1=O.COC(=O)C1C(=O)CC2(COC2)NC1=O. The highest BCUT2D eigenvalue weighted by Crippen LogP contribution is 2.28. The predicted molar refractivity (Wildman–Crippen MR) is 167 cm³/mol. The number of Topliss-reactive ketones (excluding diaryl/α,β-unsaturated/α-hetero) is 2. The van der Waals surface area contributed by atoms with E-state index < -0.39 is 88.2 Å². The normalized spacial score (nSPS) is 23.9. The van der Waals surface area contributed by atoms with E-state index in [1.165, 1.54) is 7.11 Å². The van der Waals surface area contributed by atoms with E-state index in [0.29, 0.717) is 13.2 Å². The number of nitrogens with one attached hydrogen (secondary N) is 3. The first-order valence-corrected chi connectivity index (χ1v) is 15.3. The molecule has 4 aliphatic heterocycles. The minimum atomic E-state index is -1.45. The fourth-order valence-electron chi connectivity index (χ4n) is 4.97. The summed E-state index contributed by atoms with van der Waals surface area (Å²) in [6.45, 7) is 2.56. The molecule has 0 aliphatic carbocycles. The summed E-state index contributed by atoms with van der Waals surface area (Å²) < 4.78 is 27.9. The van der Waals surface area contributed by atoms with Gasteiger partial charge in [0, 0.05) is 18.7 Å². The second kappa shape index (κ2) is 19.3. The summed E-state index contributed by atoms with van der Waals surface area (Å²) in [5.41, 5.74) is -2.49. The fraction of sp³-hybridized carbons (Fsp3) is 0.700. The van der Waals surface area contributed by atoms with Crippen LogP contribution in [0.1, 0.15) is 40.0 Å². The molecule has 0 aromatic heterocycles. The molecule has 3 atom stereocenters. The molecule has 4 aliphatic rings. The fourth-order valence-corrected chi connectivity index (χ4v) is 5.22. The van der Waals surface area contributed by atoms with Gasteiger partial charge in [0.1, 0.15) is 6.42 Å². The molecule has 50 heavy (non-hydrogen) atoms. The Balaban J connectivity index is 0.000000373. The first kappa shape index (κ1) is 43.8. The second-order valence-corrected chi connectivity index (χ2v) is 11.8. The minimum absolute atomic E-state index is 0. The summed E-state index contributed by atoms with van der Waals surface area (Å²) in [5, 5.41) is 16.7. The zero-order valence-electron chi connectivity index (χ0n) is 27.4. The third-order valence-corrected chi connectivity index (χ3v) is 8.15. The zero-order chi connectivity index (χ0) is 37.0. The van der Waals surface area contributed by atoms with Crippen molar-refractivity contribution in [3.8, 4) is 0 Å². The van der Waals surface area contributed by atoms with Crippen LogP contribution in [0, 0.1) is 11.8 Å². The molecule has 4 heterocycles. The molecule has 20 heteroatoms. The van der Waals surface area contributed by atoms with Gasteiger partial charge in [0.25, 0.3) is 0 Å². The van der Waals surface area contributed by atoms with Crippen LogP contribution < -0.4 is 16.0 Å². The number of alkyl halides is 1. The van der Waals surface area contributed by atoms with Gasteiger partial charge in [-0.15, -0.1) is 11.6 Å². The lowest BCUT2D eigenvalue weighted by Crippen LogP contribution is -2.68. The number of hydrogen-bond donors (Lipinski definition) is 4. The van der Waals surface area contributed by atoms with Crippen LogP contribution in [0.25, 0.3) is 0 Å². The van der Waals surface area contributed by atoms with Gasteiger partial charge in [-0.1, -0.05) is 7.43 Å². The van der Waals surface area contributed by atoms with E-state index in [2.05, 4.69) is 34.9 Å². The van der Waals surface area contributed by atoms with Crippen LogP contribution in [0.4, 0.5) is 0 Å². The maximum absolute atomic E-state index is 11.6. The molecule has 0 aromatic rings. The van der Waals surface area contributed by atoms with E-state index in [0.717, 1.165) is 14.2 Å². The first-order chi connectivity index (χ1) is 23.1. The van der Waals surface area contributed by atoms with Gasteiger partial charge in [-0.3, -0.25) is 43.2 Å². The molecule has 0 bridgehead atoms. The Morgan fingerprint density at radius 1 is 0.840 bits per heavy atom. The minimum Gasteiger partial charge on any atom is -0.469 e. The number of piperidine rings is 2. The number of aliphatic hydroxyl groups is 1. The summed E-state index contributed by atoms with van der Waals surface area (Å²) in [7, 11) is 3.52. The van der Waals surface area contributed by atoms with Crippen LogP contribution in [0.3, 0.4) is 0 Å². The molecular weight excluding hydrogens is 694 g/mol. The van der Waals surface area contributed by atoms with Crippen molar-refractivity contribution >= 4 is 64.8 Å². The standard InChI is InChI=1S/C11H17NO6.C9H12ClNO5.C9H11NO5.CH4/c1-3-18-9(14)4-8(13)12-11(6-17-7-11)5-10(15)16-2;1-16-8(15)6-5(13)2-9(3-10,4-12)11-7(6)14;1-14-8(13)6-5(11)2-9(3-15-4-9)10-7(6)12;/h3-7H2,1-2H3,(H,12,13);6,12H,2-4H2,1H3,(H,11,14);6H,2-4H2,1H3,(H,10,12);1H4. The molecule has 282 valence electrons. The van der Waals surface area contributed by atoms with Crippen LogP contribution in [0.5, 0.6) is 0 Å². The quantitative estimate of drug-likeness (QED) is 0.0781. The number of esters is 4. The van der Waals surface area contributed by atoms with Crippen molar-refractivity contribution in [2.75, 3.05) is 66.9 Å². The third-order valence-electron chi connectivity index (χ3n) is 7.64. The molecule has 0 saturated carbocycles. The van der Waals surface area contributed by atoms with Crippen LogP contribution in [-0.4, -0.2) is 142 Å². The molecule has 3 unspecified atom stereocenters. The van der Waals surface area contributed by atoms with E-state index in [9.17, 15) is 43.2 Å². The van der Waals surface area contributed by atoms with Crippen molar-refractivity contribution in [2.24, 2.45) is 11.8 Å². The Kier molecular flexibility index (Phi) is 16.9. The number of ether oxygens (including phenoxy) is 6. The molecule has 0 aromatic carbocycles. The molecule has 4 rings (SSSR count). The van der Waals surface area contributed by atoms with Gasteiger partial charge >= 0.3 is 23.9 Å². The van der Waals surface area contributed by atoms with Crippen molar-refractivity contribution in [1.29, 1.82) is 0 Å². The van der Waals surface area contributed by atoms with E-state index >= 15 is 0 Å². The number of carbonyl (C=O) groups excluding carboxylic acids is 9. The maximum Gasteiger partial charge on any atom is 0.325 e. The van der Waals surface area contributed by atoms with Gasteiger partial charge in [0.2, 0.25) is 17.7 Å². The van der Waals surface area contributed by atoms with Crippen molar-refractivity contribution in [3.05, 3.63) is 0 Å². The van der Waals surface area contributed by atoms with Crippen LogP contribution in [-0.2, 0) is 71.6 Å². The number of methoxy groups -OCH3 is 3. The number of halogens is 1. The smallest absolute Gasteiger partial charge is 0.325 e.